The van der Waals surface area contributed by atoms with Gasteiger partial charge in [-0.2, -0.15) is 0 Å². The van der Waals surface area contributed by atoms with Gasteiger partial charge in [0.05, 0.1) is 0 Å². The molecule has 4 heteroatoms. The van der Waals surface area contributed by atoms with Gasteiger partial charge in [0, 0.05) is 80.0 Å². The number of hydrogen-bond acceptors (Lipinski definition) is 0. The van der Waals surface area contributed by atoms with E-state index in [9.17, 15) is 0 Å². The molecule has 0 saturated heterocycles. The van der Waals surface area contributed by atoms with Crippen LogP contribution in [0.2, 0.25) is 0 Å². The number of rotatable bonds is 0. The van der Waals surface area contributed by atoms with Gasteiger partial charge in [-0.3, -0.25) is 0 Å². The summed E-state index contributed by atoms with van der Waals surface area (Å²) in [6, 6.07) is 0. The van der Waals surface area contributed by atoms with Gasteiger partial charge in [0.1, 0.15) is 0 Å². The van der Waals surface area contributed by atoms with Crippen molar-refractivity contribution in [2.45, 2.75) is 0 Å². The summed E-state index contributed by atoms with van der Waals surface area (Å²) in [6.07, 6.45) is 0. The minimum absolute atomic E-state index is 0. The fraction of sp³-hybridized carbons (Fsp3) is 0. The Morgan fingerprint density at radius 2 is 1.00 bits per heavy atom. The van der Waals surface area contributed by atoms with Crippen molar-refractivity contribution in [3.05, 3.63) is 0 Å². The molecule has 0 aromatic heterocycles. The Hall–Kier alpha value is 2.56. The maximum Gasteiger partial charge on any atom is 0 e. The zero-order chi connectivity index (χ0) is 0. The molecule has 0 amide bonds. The Kier molecular flexibility index (Phi) is 136. The summed E-state index contributed by atoms with van der Waals surface area (Å²) >= 11 is 0. The molecule has 0 unspecified atom stereocenters. The Bertz CT molecular complexity index is 8.00. The molecule has 31 valence electrons. The molecule has 0 heterocycles. The molecule has 0 atom stereocenters. The predicted molar refractivity (Wildman–Crippen MR) is 5.75 cm³/mol. The molecule has 4 heavy (non-hydrogen) atoms. The zero-order valence-corrected chi connectivity index (χ0v) is 9.48. The van der Waals surface area contributed by atoms with E-state index in [4.69, 9.17) is 0 Å². The molecular weight excluding hydrogens is 471 g/mol. The maximum absolute atomic E-state index is 0. The average molecular weight is 471 g/mol. The van der Waals surface area contributed by atoms with Gasteiger partial charge in [0.25, 0.3) is 0 Å². The van der Waals surface area contributed by atoms with Gasteiger partial charge in [-0.1, -0.05) is 0 Å². The molecule has 0 aliphatic rings. The monoisotopic (exact) mass is 473 g/mol. The van der Waals surface area contributed by atoms with Crippen molar-refractivity contribution in [3.8, 4) is 0 Å². The van der Waals surface area contributed by atoms with E-state index in [0.717, 1.165) is 0 Å². The summed E-state index contributed by atoms with van der Waals surface area (Å²) in [5.74, 6) is 0. The van der Waals surface area contributed by atoms with Crippen LogP contribution in [0.1, 0.15) is 0 Å². The van der Waals surface area contributed by atoms with Crippen molar-refractivity contribution < 1.29 is 56.1 Å². The molecule has 0 bridgehead atoms. The van der Waals surface area contributed by atoms with Crippen LogP contribution < -0.4 is 0 Å². The third-order valence-electron chi connectivity index (χ3n) is 0. The summed E-state index contributed by atoms with van der Waals surface area (Å²) in [4.78, 5) is 0. The maximum atomic E-state index is 0. The van der Waals surface area contributed by atoms with Crippen molar-refractivity contribution in [2.75, 3.05) is 0 Å². The Labute approximate surface area is 78.9 Å². The first-order valence-electron chi connectivity index (χ1n) is 0. The first-order chi connectivity index (χ1) is 0. The van der Waals surface area contributed by atoms with Crippen molar-refractivity contribution in [1.82, 2.24) is 0 Å². The van der Waals surface area contributed by atoms with Crippen LogP contribution in [0.15, 0.2) is 0 Å². The molecule has 0 aromatic carbocycles. The van der Waals surface area contributed by atoms with Crippen LogP contribution in [0.3, 0.4) is 0 Å². The molecule has 0 rings (SSSR count). The molecule has 5 radical (unpaired) electrons. The van der Waals surface area contributed by atoms with E-state index in [1.807, 2.05) is 0 Å². The van der Waals surface area contributed by atoms with Gasteiger partial charge in [-0.05, 0) is 0 Å². The van der Waals surface area contributed by atoms with Crippen LogP contribution in [-0.4, -0.2) is 23.9 Å². The van der Waals surface area contributed by atoms with Gasteiger partial charge in [0.2, 0.25) is 0 Å². The van der Waals surface area contributed by atoms with Crippen LogP contribution in [-0.2, 0) is 56.1 Å². The molecule has 0 spiro atoms. The molecule has 0 aliphatic carbocycles. The van der Waals surface area contributed by atoms with E-state index in [2.05, 4.69) is 0 Å². The van der Waals surface area contributed by atoms with Crippen molar-refractivity contribution in [1.29, 1.82) is 0 Å². The topological polar surface area (TPSA) is 0 Å². The van der Waals surface area contributed by atoms with Gasteiger partial charge in [0.15, 0.2) is 0 Å². The van der Waals surface area contributed by atoms with Gasteiger partial charge in [-0.15, -0.1) is 0 Å². The molecule has 0 saturated carbocycles. The smallest absolute Gasteiger partial charge is 0 e. The van der Waals surface area contributed by atoms with Gasteiger partial charge >= 0.3 is 0 Å². The second kappa shape index (κ2) is 17.6. The van der Waals surface area contributed by atoms with E-state index < -0.39 is 0 Å². The summed E-state index contributed by atoms with van der Waals surface area (Å²) < 4.78 is 0. The molecule has 0 nitrogen and oxygen atoms in total. The van der Waals surface area contributed by atoms with E-state index in [1.54, 1.807) is 0 Å². The molecule has 0 aromatic rings. The minimum atomic E-state index is 0. The summed E-state index contributed by atoms with van der Waals surface area (Å²) in [7, 11) is 0. The predicted octanol–water partition coefficient (Wildman–Crippen LogP) is -0.388. The minimum Gasteiger partial charge on any atom is 0 e. The third-order valence-corrected chi connectivity index (χ3v) is 0. The normalized spacial score (nSPS) is 0. The second-order valence-corrected chi connectivity index (χ2v) is 0. The van der Waals surface area contributed by atoms with Crippen molar-refractivity contribution >= 4 is 23.9 Å². The average Bonchev–Trinajstić information content (AvgIpc) is 0. The Balaban J connectivity index is 0. The van der Waals surface area contributed by atoms with E-state index in [-0.39, 0.29) is 80.0 Å². The molecule has 0 fully saturated rings. The zero-order valence-electron chi connectivity index (χ0n) is 1.50. The van der Waals surface area contributed by atoms with Crippen LogP contribution in [0, 0.1) is 0 Å². The third kappa shape index (κ3) is 8.82. The van der Waals surface area contributed by atoms with Crippen molar-refractivity contribution in [2.24, 2.45) is 0 Å². The largest absolute Gasteiger partial charge is 0 e. The summed E-state index contributed by atoms with van der Waals surface area (Å²) in [5, 5.41) is 0. The molecular formula is IrNiRuSn. The fourth-order valence-electron chi connectivity index (χ4n) is 0. The quantitative estimate of drug-likeness (QED) is 0.423. The fourth-order valence-corrected chi connectivity index (χ4v) is 0. The second-order valence-electron chi connectivity index (χ2n) is 0. The van der Waals surface area contributed by atoms with Crippen LogP contribution >= 0.6 is 0 Å². The number of hydrogen-bond donors (Lipinski definition) is 0. The van der Waals surface area contributed by atoms with Gasteiger partial charge < -0.3 is 0 Å². The summed E-state index contributed by atoms with van der Waals surface area (Å²) in [6.45, 7) is 0. The first kappa shape index (κ1) is 30.9. The standard InChI is InChI=1S/Ir.Ni.Ru.Sn. The Morgan fingerprint density at radius 3 is 1.00 bits per heavy atom. The van der Waals surface area contributed by atoms with Crippen LogP contribution in [0.5, 0.6) is 0 Å². The van der Waals surface area contributed by atoms with Crippen molar-refractivity contribution in [3.63, 3.8) is 0 Å². The van der Waals surface area contributed by atoms with Gasteiger partial charge in [-0.25, -0.2) is 0 Å². The summed E-state index contributed by atoms with van der Waals surface area (Å²) in [5.41, 5.74) is 0. The Morgan fingerprint density at radius 1 is 1.00 bits per heavy atom. The molecule has 0 N–H and O–H groups in total. The first-order valence-corrected chi connectivity index (χ1v) is 0. The molecule has 0 aliphatic heterocycles. The SMILES string of the molecule is [Ir].[Ni].[Ru].[Sn]. The van der Waals surface area contributed by atoms with E-state index in [0.29, 0.717) is 0 Å². The van der Waals surface area contributed by atoms with E-state index in [1.165, 1.54) is 0 Å². The van der Waals surface area contributed by atoms with E-state index >= 15 is 0 Å². The van der Waals surface area contributed by atoms with Crippen LogP contribution in [0.25, 0.3) is 0 Å². The van der Waals surface area contributed by atoms with Crippen LogP contribution in [0.4, 0.5) is 0 Å².